The summed E-state index contributed by atoms with van der Waals surface area (Å²) in [5.74, 6) is -0.716. The molecule has 1 rings (SSSR count). The van der Waals surface area contributed by atoms with Gasteiger partial charge in [-0.3, -0.25) is 4.79 Å². The van der Waals surface area contributed by atoms with Gasteiger partial charge in [-0.2, -0.15) is 0 Å². The van der Waals surface area contributed by atoms with Crippen LogP contribution in [0.5, 0.6) is 0 Å². The Morgan fingerprint density at radius 1 is 1.71 bits per heavy atom. The Balaban J connectivity index is 0.000000255. The zero-order valence-corrected chi connectivity index (χ0v) is 8.67. The van der Waals surface area contributed by atoms with Gasteiger partial charge >= 0.3 is 5.97 Å². The molecule has 1 fully saturated rings. The van der Waals surface area contributed by atoms with Gasteiger partial charge in [0.25, 0.3) is 0 Å². The van der Waals surface area contributed by atoms with Gasteiger partial charge in [-0.05, 0) is 19.8 Å². The number of amides is 1. The number of nitrogens with one attached hydrogen (secondary N) is 1. The van der Waals surface area contributed by atoms with Crippen molar-refractivity contribution in [3.63, 3.8) is 0 Å². The van der Waals surface area contributed by atoms with Crippen LogP contribution in [0, 0.1) is 0 Å². The minimum atomic E-state index is -0.935. The fraction of sp³-hybridized carbons (Fsp3) is 0.600. The fourth-order valence-corrected chi connectivity index (χ4v) is 0.984. The number of aliphatic carboxylic acids is 1. The van der Waals surface area contributed by atoms with Crippen LogP contribution in [-0.4, -0.2) is 23.0 Å². The molecule has 0 saturated carbocycles. The van der Waals surface area contributed by atoms with Crippen molar-refractivity contribution in [2.24, 2.45) is 0 Å². The number of carboxylic acids is 1. The van der Waals surface area contributed by atoms with Crippen molar-refractivity contribution in [3.05, 3.63) is 12.2 Å². The Morgan fingerprint density at radius 2 is 2.21 bits per heavy atom. The highest BCUT2D eigenvalue weighted by Crippen LogP contribution is 2.08. The molecule has 0 aromatic carbocycles. The molecular weight excluding hydrogens is 182 g/mol. The van der Waals surface area contributed by atoms with E-state index in [4.69, 9.17) is 5.11 Å². The lowest BCUT2D eigenvalue weighted by molar-refractivity contribution is -0.132. The Bertz CT molecular complexity index is 224. The Kier molecular flexibility index (Phi) is 5.60. The van der Waals surface area contributed by atoms with E-state index < -0.39 is 5.97 Å². The summed E-state index contributed by atoms with van der Waals surface area (Å²) in [6.45, 7) is 6.70. The molecule has 4 heteroatoms. The first kappa shape index (κ1) is 12.7. The standard InChI is InChI=1S/C6H11NO.C4H6O2/c1-2-5-3-4-6(8)7-5;1-3(2)4(5)6/h5H,2-4H2,1H3,(H,7,8);1H2,2H3,(H,5,6). The van der Waals surface area contributed by atoms with Crippen LogP contribution in [0.1, 0.15) is 33.1 Å². The first-order valence-electron chi connectivity index (χ1n) is 4.65. The van der Waals surface area contributed by atoms with Crippen molar-refractivity contribution in [1.82, 2.24) is 5.32 Å². The summed E-state index contributed by atoms with van der Waals surface area (Å²) in [6, 6.07) is 0.475. The molecular formula is C10H17NO3. The van der Waals surface area contributed by atoms with Gasteiger partial charge in [0.05, 0.1) is 0 Å². The molecule has 1 unspecified atom stereocenters. The molecule has 1 saturated heterocycles. The third-order valence-corrected chi connectivity index (χ3v) is 1.94. The molecule has 0 spiro atoms. The fourth-order valence-electron chi connectivity index (χ4n) is 0.984. The van der Waals surface area contributed by atoms with Crippen LogP contribution in [0.3, 0.4) is 0 Å². The second-order valence-corrected chi connectivity index (χ2v) is 3.30. The third-order valence-electron chi connectivity index (χ3n) is 1.94. The molecule has 0 aromatic heterocycles. The van der Waals surface area contributed by atoms with E-state index in [1.807, 2.05) is 0 Å². The first-order valence-corrected chi connectivity index (χ1v) is 4.65. The molecule has 1 amide bonds. The van der Waals surface area contributed by atoms with Gasteiger partial charge in [0.15, 0.2) is 0 Å². The van der Waals surface area contributed by atoms with Gasteiger partial charge < -0.3 is 10.4 Å². The molecule has 14 heavy (non-hydrogen) atoms. The van der Waals surface area contributed by atoms with E-state index in [0.717, 1.165) is 19.3 Å². The summed E-state index contributed by atoms with van der Waals surface area (Å²) in [6.07, 6.45) is 2.85. The van der Waals surface area contributed by atoms with Crippen molar-refractivity contribution >= 4 is 11.9 Å². The third kappa shape index (κ3) is 5.35. The molecule has 4 nitrogen and oxygen atoms in total. The van der Waals surface area contributed by atoms with Crippen LogP contribution < -0.4 is 5.32 Å². The van der Waals surface area contributed by atoms with Gasteiger partial charge in [-0.1, -0.05) is 13.5 Å². The van der Waals surface area contributed by atoms with Gasteiger partial charge in [-0.25, -0.2) is 4.79 Å². The normalized spacial score (nSPS) is 19.3. The number of hydrogen-bond acceptors (Lipinski definition) is 2. The van der Waals surface area contributed by atoms with E-state index in [-0.39, 0.29) is 11.5 Å². The predicted octanol–water partition coefficient (Wildman–Crippen LogP) is 1.32. The lowest BCUT2D eigenvalue weighted by atomic mass is 10.2. The van der Waals surface area contributed by atoms with Crippen LogP contribution in [0.15, 0.2) is 12.2 Å². The molecule has 0 radical (unpaired) electrons. The zero-order valence-electron chi connectivity index (χ0n) is 8.67. The van der Waals surface area contributed by atoms with E-state index >= 15 is 0 Å². The molecule has 1 heterocycles. The van der Waals surface area contributed by atoms with E-state index in [9.17, 15) is 9.59 Å². The number of carbonyl (C=O) groups excluding carboxylic acids is 1. The molecule has 2 N–H and O–H groups in total. The lowest BCUT2D eigenvalue weighted by Crippen LogP contribution is -2.23. The summed E-state index contributed by atoms with van der Waals surface area (Å²) >= 11 is 0. The molecule has 0 aromatic rings. The maximum absolute atomic E-state index is 10.5. The summed E-state index contributed by atoms with van der Waals surface area (Å²) in [5, 5.41) is 10.8. The maximum Gasteiger partial charge on any atom is 0.330 e. The minimum absolute atomic E-state index is 0.176. The monoisotopic (exact) mass is 199 g/mol. The molecule has 0 bridgehead atoms. The smallest absolute Gasteiger partial charge is 0.330 e. The number of rotatable bonds is 2. The Labute approximate surface area is 84.0 Å². The summed E-state index contributed by atoms with van der Waals surface area (Å²) in [5.41, 5.74) is 0.176. The number of hydrogen-bond donors (Lipinski definition) is 2. The van der Waals surface area contributed by atoms with E-state index in [2.05, 4.69) is 18.8 Å². The van der Waals surface area contributed by atoms with Gasteiger partial charge in [-0.15, -0.1) is 0 Å². The van der Waals surface area contributed by atoms with Crippen LogP contribution in [0.25, 0.3) is 0 Å². The highest BCUT2D eigenvalue weighted by molar-refractivity contribution is 5.84. The highest BCUT2D eigenvalue weighted by atomic mass is 16.4. The molecule has 1 atom stereocenters. The predicted molar refractivity (Wildman–Crippen MR) is 53.9 cm³/mol. The Hall–Kier alpha value is -1.32. The molecule has 80 valence electrons. The summed E-state index contributed by atoms with van der Waals surface area (Å²) in [7, 11) is 0. The zero-order chi connectivity index (χ0) is 11.1. The number of carbonyl (C=O) groups is 2. The molecule has 0 aliphatic carbocycles. The van der Waals surface area contributed by atoms with Crippen LogP contribution in [-0.2, 0) is 9.59 Å². The summed E-state index contributed by atoms with van der Waals surface area (Å²) < 4.78 is 0. The Morgan fingerprint density at radius 3 is 2.36 bits per heavy atom. The van der Waals surface area contributed by atoms with Crippen molar-refractivity contribution in [2.45, 2.75) is 39.2 Å². The van der Waals surface area contributed by atoms with Crippen molar-refractivity contribution in [3.8, 4) is 0 Å². The molecule has 1 aliphatic rings. The average molecular weight is 199 g/mol. The van der Waals surface area contributed by atoms with Crippen molar-refractivity contribution < 1.29 is 14.7 Å². The largest absolute Gasteiger partial charge is 0.478 e. The number of carboxylic acid groups (broad SMARTS) is 1. The van der Waals surface area contributed by atoms with Gasteiger partial charge in [0.2, 0.25) is 5.91 Å². The molecule has 1 aliphatic heterocycles. The van der Waals surface area contributed by atoms with Crippen LogP contribution in [0.4, 0.5) is 0 Å². The summed E-state index contributed by atoms with van der Waals surface area (Å²) in [4.78, 5) is 20.1. The van der Waals surface area contributed by atoms with Crippen LogP contribution >= 0.6 is 0 Å². The SMILES string of the molecule is C=C(C)C(=O)O.CCC1CCC(=O)N1. The van der Waals surface area contributed by atoms with E-state index in [1.165, 1.54) is 6.92 Å². The van der Waals surface area contributed by atoms with E-state index in [1.54, 1.807) is 0 Å². The second-order valence-electron chi connectivity index (χ2n) is 3.30. The quantitative estimate of drug-likeness (QED) is 0.659. The lowest BCUT2D eigenvalue weighted by Gasteiger charge is -2.02. The van der Waals surface area contributed by atoms with Crippen molar-refractivity contribution in [2.75, 3.05) is 0 Å². The van der Waals surface area contributed by atoms with Crippen molar-refractivity contribution in [1.29, 1.82) is 0 Å². The highest BCUT2D eigenvalue weighted by Gasteiger charge is 2.17. The van der Waals surface area contributed by atoms with E-state index in [0.29, 0.717) is 6.04 Å². The second kappa shape index (κ2) is 6.18. The first-order chi connectivity index (χ1) is 6.47. The van der Waals surface area contributed by atoms with Gasteiger partial charge in [0, 0.05) is 18.0 Å². The topological polar surface area (TPSA) is 66.4 Å². The average Bonchev–Trinajstić information content (AvgIpc) is 2.52. The minimum Gasteiger partial charge on any atom is -0.478 e. The van der Waals surface area contributed by atoms with Gasteiger partial charge in [0.1, 0.15) is 0 Å². The van der Waals surface area contributed by atoms with Crippen LogP contribution in [0.2, 0.25) is 0 Å². The maximum atomic E-state index is 10.5.